The van der Waals surface area contributed by atoms with Crippen molar-refractivity contribution in [1.29, 1.82) is 0 Å². The van der Waals surface area contributed by atoms with E-state index in [-0.39, 0.29) is 19.8 Å². The molecule has 0 saturated carbocycles. The van der Waals surface area contributed by atoms with Gasteiger partial charge in [-0.25, -0.2) is 5.84 Å². The van der Waals surface area contributed by atoms with Gasteiger partial charge >= 0.3 is 0 Å². The number of hydrogen-bond donors (Lipinski definition) is 1. The molecule has 2 aliphatic rings. The second-order valence-electron chi connectivity index (χ2n) is 9.26. The van der Waals surface area contributed by atoms with Gasteiger partial charge in [0, 0.05) is 49.0 Å². The lowest BCUT2D eigenvalue weighted by Gasteiger charge is -2.09. The molecule has 0 fully saturated rings. The summed E-state index contributed by atoms with van der Waals surface area (Å²) in [6.07, 6.45) is 2.72. The average molecular weight is 526 g/mol. The second-order valence-corrected chi connectivity index (χ2v) is 9.26. The number of aryl methyl sites for hydroxylation is 2. The van der Waals surface area contributed by atoms with Gasteiger partial charge in [-0.3, -0.25) is 4.79 Å². The molecule has 0 amide bonds. The van der Waals surface area contributed by atoms with Crippen LogP contribution in [-0.4, -0.2) is 17.4 Å². The number of hydrazine groups is 1. The fourth-order valence-electron chi connectivity index (χ4n) is 5.15. The van der Waals surface area contributed by atoms with Gasteiger partial charge in [-0.15, -0.1) is 12.4 Å². The number of nitrogens with zero attached hydrogens (tertiary/aromatic N) is 2. The molecule has 38 heavy (non-hydrogen) atoms. The van der Waals surface area contributed by atoms with Crippen LogP contribution in [-0.2, 0) is 19.9 Å². The maximum absolute atomic E-state index is 11.1. The van der Waals surface area contributed by atoms with E-state index in [2.05, 4.69) is 60.1 Å². The van der Waals surface area contributed by atoms with E-state index in [1.165, 1.54) is 38.9 Å². The zero-order valence-electron chi connectivity index (χ0n) is 21.2. The highest BCUT2D eigenvalue weighted by atomic mass is 35.5. The van der Waals surface area contributed by atoms with Crippen LogP contribution in [0, 0.1) is 0 Å². The van der Waals surface area contributed by atoms with Crippen molar-refractivity contribution in [3.05, 3.63) is 125 Å². The highest BCUT2D eigenvalue weighted by molar-refractivity contribution is 6.00. The van der Waals surface area contributed by atoms with Crippen LogP contribution in [0.4, 0.5) is 5.69 Å². The number of nitrogens with two attached hydrogens (primary N) is 1. The minimum Gasteiger partial charge on any atom is -0.343 e. The van der Waals surface area contributed by atoms with Crippen molar-refractivity contribution in [2.75, 3.05) is 12.1 Å². The topological polar surface area (TPSA) is 51.3 Å². The van der Waals surface area contributed by atoms with Gasteiger partial charge in [0.25, 0.3) is 0 Å². The Bertz CT molecular complexity index is 1520. The first kappa shape index (κ1) is 28.7. The van der Waals surface area contributed by atoms with Crippen LogP contribution >= 0.6 is 12.4 Å². The highest BCUT2D eigenvalue weighted by Crippen LogP contribution is 2.41. The third-order valence-electron chi connectivity index (χ3n) is 6.95. The van der Waals surface area contributed by atoms with Crippen LogP contribution in [0.2, 0.25) is 0 Å². The summed E-state index contributed by atoms with van der Waals surface area (Å²) in [4.78, 5) is 11.1. The van der Waals surface area contributed by atoms with Gasteiger partial charge in [0.15, 0.2) is 5.78 Å². The molecule has 196 valence electrons. The van der Waals surface area contributed by atoms with E-state index in [1.807, 2.05) is 61.6 Å². The van der Waals surface area contributed by atoms with Crippen LogP contribution < -0.4 is 10.9 Å². The van der Waals surface area contributed by atoms with Crippen LogP contribution in [0.15, 0.2) is 103 Å². The van der Waals surface area contributed by atoms with Gasteiger partial charge in [-0.1, -0.05) is 92.4 Å². The van der Waals surface area contributed by atoms with E-state index in [4.69, 9.17) is 5.84 Å². The Morgan fingerprint density at radius 1 is 0.737 bits per heavy atom. The van der Waals surface area contributed by atoms with Crippen molar-refractivity contribution < 1.29 is 4.79 Å². The van der Waals surface area contributed by atoms with E-state index in [0.717, 1.165) is 24.1 Å². The number of fused-ring (bicyclic) bond motifs is 6. The van der Waals surface area contributed by atoms with E-state index >= 15 is 0 Å². The Kier molecular flexibility index (Phi) is 9.51. The van der Waals surface area contributed by atoms with Crippen molar-refractivity contribution in [2.24, 2.45) is 12.9 Å². The molecule has 0 spiro atoms. The maximum Gasteiger partial charge on any atom is 0.163 e. The third kappa shape index (κ3) is 5.67. The van der Waals surface area contributed by atoms with Crippen molar-refractivity contribution in [3.63, 3.8) is 0 Å². The van der Waals surface area contributed by atoms with Crippen LogP contribution in [0.1, 0.15) is 40.9 Å². The molecule has 0 saturated heterocycles. The summed E-state index contributed by atoms with van der Waals surface area (Å²) in [5, 5.41) is 2.99. The standard InChI is InChI=1S/C16H13N.C9H8O.C7H10N2.CH4.ClH/c1-17-15-9-5-4-8-13(15)14-10-11-6-2-3-7-12(11)16(14)17;10-9-6-5-7-3-1-2-4-8(7)9;1-9(8)7-5-3-2-4-6-7;;/h2-9H,10H2,1H3;1-4H,5-6H2;2-6H,8H2,1H3;1H4;1H. The van der Waals surface area contributed by atoms with Crippen molar-refractivity contribution in [3.8, 4) is 11.3 Å². The number of rotatable bonds is 1. The van der Waals surface area contributed by atoms with Gasteiger partial charge in [-0.05, 0) is 41.3 Å². The molecular formula is C33H36ClN3O. The van der Waals surface area contributed by atoms with Crippen molar-refractivity contribution >= 4 is 34.8 Å². The Morgan fingerprint density at radius 2 is 1.32 bits per heavy atom. The van der Waals surface area contributed by atoms with Gasteiger partial charge in [0.2, 0.25) is 0 Å². The Hall–Kier alpha value is -3.86. The first-order chi connectivity index (χ1) is 17.5. The van der Waals surface area contributed by atoms with Gasteiger partial charge in [-0.2, -0.15) is 0 Å². The van der Waals surface area contributed by atoms with Gasteiger partial charge in [0.05, 0.1) is 11.4 Å². The quantitative estimate of drug-likeness (QED) is 0.177. The number of anilines is 1. The first-order valence-corrected chi connectivity index (χ1v) is 12.3. The van der Waals surface area contributed by atoms with Gasteiger partial charge < -0.3 is 9.58 Å². The molecule has 1 heterocycles. The number of Topliss-reactive ketones (excluding diaryl/α,β-unsaturated/α-hetero) is 1. The van der Waals surface area contributed by atoms with Crippen molar-refractivity contribution in [2.45, 2.75) is 26.7 Å². The monoisotopic (exact) mass is 525 g/mol. The summed E-state index contributed by atoms with van der Waals surface area (Å²) >= 11 is 0. The number of aromatic nitrogens is 1. The number of benzene rings is 4. The predicted octanol–water partition coefficient (Wildman–Crippen LogP) is 7.62. The molecule has 0 bridgehead atoms. The zero-order valence-corrected chi connectivity index (χ0v) is 22.0. The molecule has 0 radical (unpaired) electrons. The third-order valence-corrected chi connectivity index (χ3v) is 6.95. The molecule has 4 nitrogen and oxygen atoms in total. The van der Waals surface area contributed by atoms with Crippen LogP contribution in [0.25, 0.3) is 22.2 Å². The Morgan fingerprint density at radius 3 is 1.97 bits per heavy atom. The molecule has 0 aliphatic heterocycles. The summed E-state index contributed by atoms with van der Waals surface area (Å²) < 4.78 is 2.33. The fraction of sp³-hybridized carbons (Fsp3) is 0.182. The number of para-hydroxylation sites is 2. The summed E-state index contributed by atoms with van der Waals surface area (Å²) in [5.74, 6) is 5.75. The van der Waals surface area contributed by atoms with E-state index in [9.17, 15) is 4.79 Å². The van der Waals surface area contributed by atoms with Crippen molar-refractivity contribution in [1.82, 2.24) is 4.57 Å². The number of carbonyl (C=O) groups is 1. The number of hydrogen-bond acceptors (Lipinski definition) is 3. The fourth-order valence-corrected chi connectivity index (χ4v) is 5.15. The summed E-state index contributed by atoms with van der Waals surface area (Å²) in [6, 6.07) is 35.1. The largest absolute Gasteiger partial charge is 0.343 e. The normalized spacial score (nSPS) is 11.9. The van der Waals surface area contributed by atoms with Crippen LogP contribution in [0.5, 0.6) is 0 Å². The van der Waals surface area contributed by atoms with Crippen LogP contribution in [0.3, 0.4) is 0 Å². The Labute approximate surface area is 232 Å². The predicted molar refractivity (Wildman–Crippen MR) is 163 cm³/mol. The summed E-state index contributed by atoms with van der Waals surface area (Å²) in [7, 11) is 3.98. The minimum absolute atomic E-state index is 0. The highest BCUT2D eigenvalue weighted by Gasteiger charge is 2.24. The number of ketones is 1. The van der Waals surface area contributed by atoms with E-state index < -0.39 is 0 Å². The van der Waals surface area contributed by atoms with E-state index in [0.29, 0.717) is 12.2 Å². The molecule has 2 aliphatic carbocycles. The lowest BCUT2D eigenvalue weighted by atomic mass is 10.1. The maximum atomic E-state index is 11.1. The number of halogens is 1. The smallest absolute Gasteiger partial charge is 0.163 e. The molecule has 1 aromatic heterocycles. The second kappa shape index (κ2) is 12.6. The average Bonchev–Trinajstić information content (AvgIpc) is 3.58. The number of carbonyl (C=O) groups excluding carboxylic acids is 1. The minimum atomic E-state index is 0. The molecule has 5 aromatic rings. The van der Waals surface area contributed by atoms with E-state index in [1.54, 1.807) is 5.01 Å². The molecule has 0 unspecified atom stereocenters. The molecule has 5 heteroatoms. The lowest BCUT2D eigenvalue weighted by Crippen LogP contribution is -2.24. The summed E-state index contributed by atoms with van der Waals surface area (Å²) in [5.41, 5.74) is 10.3. The SMILES string of the molecule is C.CN(N)c1ccccc1.Cl.Cn1c2c(c3ccccc31)Cc1ccccc1-2.O=C1CCc2ccccc21. The Balaban J connectivity index is 0.000000166. The molecule has 7 rings (SSSR count). The molecular weight excluding hydrogens is 490 g/mol. The van der Waals surface area contributed by atoms with Gasteiger partial charge in [0.1, 0.15) is 0 Å². The molecule has 4 aromatic carbocycles. The molecule has 0 atom stereocenters. The zero-order chi connectivity index (χ0) is 25.1. The molecule has 2 N–H and O–H groups in total. The summed E-state index contributed by atoms with van der Waals surface area (Å²) in [6.45, 7) is 0. The first-order valence-electron chi connectivity index (χ1n) is 12.3. The lowest BCUT2D eigenvalue weighted by molar-refractivity contribution is 0.0994.